The maximum absolute atomic E-state index is 2.51. The van der Waals surface area contributed by atoms with E-state index in [1.807, 2.05) is 0 Å². The van der Waals surface area contributed by atoms with Crippen LogP contribution in [-0.4, -0.2) is 0 Å². The van der Waals surface area contributed by atoms with E-state index in [9.17, 15) is 0 Å². The second-order valence-electron chi connectivity index (χ2n) is 17.1. The van der Waals surface area contributed by atoms with Crippen LogP contribution in [-0.2, 0) is 23.7 Å². The lowest BCUT2D eigenvalue weighted by atomic mass is 9.79. The lowest BCUT2D eigenvalue weighted by Gasteiger charge is -2.24. The third-order valence-corrected chi connectivity index (χ3v) is 13.5. The van der Waals surface area contributed by atoms with Crippen molar-refractivity contribution in [2.24, 2.45) is 0 Å². The number of rotatable bonds is 3. The van der Waals surface area contributed by atoms with E-state index < -0.39 is 0 Å². The fourth-order valence-electron chi connectivity index (χ4n) is 10.7. The molecule has 0 bridgehead atoms. The van der Waals surface area contributed by atoms with E-state index in [0.29, 0.717) is 0 Å². The maximum Gasteiger partial charge on any atom is 0.0159 e. The first-order chi connectivity index (χ1) is 26.3. The van der Waals surface area contributed by atoms with Crippen molar-refractivity contribution < 1.29 is 0 Å². The SMILES string of the molecule is CC1(C)c2ccccc2-c2cc(-c3c4ccccc4c(-c4cccc5c4CCCC5)c4ccc(-c5ccc6c(c5)C(C)(C)c5ccccc5-6)cc34)ccc21. The fraction of sp³-hybridized carbons (Fsp3) is 0.185. The third kappa shape index (κ3) is 4.37. The molecule has 0 N–H and O–H groups in total. The van der Waals surface area contributed by atoms with Crippen molar-refractivity contribution in [3.8, 4) is 55.6 Å². The van der Waals surface area contributed by atoms with Crippen LogP contribution >= 0.6 is 0 Å². The summed E-state index contributed by atoms with van der Waals surface area (Å²) < 4.78 is 0. The minimum absolute atomic E-state index is 0.0287. The van der Waals surface area contributed by atoms with Crippen LogP contribution in [0, 0.1) is 0 Å². The van der Waals surface area contributed by atoms with E-state index >= 15 is 0 Å². The Morgan fingerprint density at radius 3 is 1.70 bits per heavy atom. The Morgan fingerprint density at radius 2 is 0.907 bits per heavy atom. The summed E-state index contributed by atoms with van der Waals surface area (Å²) in [5, 5.41) is 5.32. The zero-order valence-corrected chi connectivity index (χ0v) is 31.7. The molecule has 0 saturated heterocycles. The van der Waals surface area contributed by atoms with E-state index in [-0.39, 0.29) is 10.8 Å². The summed E-state index contributed by atoms with van der Waals surface area (Å²) in [6.07, 6.45) is 4.86. The first-order valence-electron chi connectivity index (χ1n) is 19.9. The molecule has 0 atom stereocenters. The molecule has 0 amide bonds. The second-order valence-corrected chi connectivity index (χ2v) is 17.1. The molecule has 54 heavy (non-hydrogen) atoms. The van der Waals surface area contributed by atoms with Crippen molar-refractivity contribution in [2.45, 2.75) is 64.2 Å². The van der Waals surface area contributed by atoms with Gasteiger partial charge in [0.1, 0.15) is 0 Å². The predicted molar refractivity (Wildman–Crippen MR) is 230 cm³/mol. The van der Waals surface area contributed by atoms with Crippen LogP contribution in [0.25, 0.3) is 77.2 Å². The van der Waals surface area contributed by atoms with E-state index in [1.165, 1.54) is 124 Å². The van der Waals surface area contributed by atoms with Gasteiger partial charge < -0.3 is 0 Å². The number of fused-ring (bicyclic) bond motifs is 9. The zero-order valence-electron chi connectivity index (χ0n) is 31.7. The molecule has 0 heteroatoms. The Bertz CT molecular complexity index is 2880. The van der Waals surface area contributed by atoms with Gasteiger partial charge in [-0.3, -0.25) is 0 Å². The molecule has 8 aromatic rings. The summed E-state index contributed by atoms with van der Waals surface area (Å²) >= 11 is 0. The topological polar surface area (TPSA) is 0 Å². The van der Waals surface area contributed by atoms with E-state index in [1.54, 1.807) is 5.56 Å². The molecular formula is C54H44. The van der Waals surface area contributed by atoms with Crippen LogP contribution in [0.3, 0.4) is 0 Å². The van der Waals surface area contributed by atoms with Gasteiger partial charge in [-0.1, -0.05) is 155 Å². The van der Waals surface area contributed by atoms with Crippen LogP contribution in [0.1, 0.15) is 73.9 Å². The van der Waals surface area contributed by atoms with Crippen LogP contribution in [0.15, 0.2) is 146 Å². The molecule has 11 rings (SSSR count). The standard InChI is InChI=1S/C54H44/c1-53(2)48-23-12-10-18-39(48)45-31-36(26-29-49(45)53)51-42-19-7-8-20-43(42)52(41-21-13-15-33-14-5-6-16-37(33)41)44-28-25-34(30-46(44)51)35-24-27-40-38-17-9-11-22-47(38)54(3,4)50(40)32-35/h7-13,15,17-32H,5-6,14,16H2,1-4H3. The third-order valence-electron chi connectivity index (χ3n) is 13.5. The number of benzene rings is 8. The van der Waals surface area contributed by atoms with Crippen molar-refractivity contribution in [3.05, 3.63) is 179 Å². The Balaban J connectivity index is 1.21. The first-order valence-corrected chi connectivity index (χ1v) is 19.9. The molecule has 0 nitrogen and oxygen atoms in total. The Kier molecular flexibility index (Phi) is 6.70. The predicted octanol–water partition coefficient (Wildman–Crippen LogP) is 14.5. The molecule has 0 aliphatic heterocycles. The fourth-order valence-corrected chi connectivity index (χ4v) is 10.7. The summed E-state index contributed by atoms with van der Waals surface area (Å²) in [5.74, 6) is 0. The van der Waals surface area contributed by atoms with Crippen molar-refractivity contribution >= 4 is 21.5 Å². The van der Waals surface area contributed by atoms with E-state index in [4.69, 9.17) is 0 Å². The largest absolute Gasteiger partial charge is 0.0619 e. The lowest BCUT2D eigenvalue weighted by molar-refractivity contribution is 0.660. The highest BCUT2D eigenvalue weighted by Gasteiger charge is 2.37. The summed E-state index contributed by atoms with van der Waals surface area (Å²) in [6.45, 7) is 9.51. The molecule has 0 saturated carbocycles. The molecule has 8 aromatic carbocycles. The molecule has 3 aliphatic carbocycles. The number of hydrogen-bond acceptors (Lipinski definition) is 0. The highest BCUT2D eigenvalue weighted by molar-refractivity contribution is 6.22. The van der Waals surface area contributed by atoms with Crippen molar-refractivity contribution in [3.63, 3.8) is 0 Å². The average molecular weight is 693 g/mol. The van der Waals surface area contributed by atoms with Crippen molar-refractivity contribution in [2.75, 3.05) is 0 Å². The summed E-state index contributed by atoms with van der Waals surface area (Å²) in [4.78, 5) is 0. The number of aryl methyl sites for hydroxylation is 1. The van der Waals surface area contributed by atoms with Gasteiger partial charge >= 0.3 is 0 Å². The quantitative estimate of drug-likeness (QED) is 0.162. The van der Waals surface area contributed by atoms with E-state index in [2.05, 4.69) is 173 Å². The molecule has 0 spiro atoms. The Hall–Kier alpha value is -5.72. The van der Waals surface area contributed by atoms with Gasteiger partial charge in [-0.15, -0.1) is 0 Å². The average Bonchev–Trinajstić information content (AvgIpc) is 3.58. The van der Waals surface area contributed by atoms with Gasteiger partial charge in [0, 0.05) is 10.8 Å². The Labute approximate surface area is 319 Å². The molecule has 0 fully saturated rings. The van der Waals surface area contributed by atoms with Gasteiger partial charge in [0.15, 0.2) is 0 Å². The van der Waals surface area contributed by atoms with Crippen LogP contribution in [0.5, 0.6) is 0 Å². The molecule has 0 heterocycles. The molecule has 0 radical (unpaired) electrons. The second kappa shape index (κ2) is 11.4. The monoisotopic (exact) mass is 692 g/mol. The smallest absolute Gasteiger partial charge is 0.0159 e. The van der Waals surface area contributed by atoms with Crippen molar-refractivity contribution in [1.29, 1.82) is 0 Å². The van der Waals surface area contributed by atoms with Gasteiger partial charge in [-0.2, -0.15) is 0 Å². The van der Waals surface area contributed by atoms with Crippen LogP contribution in [0.2, 0.25) is 0 Å². The summed E-state index contributed by atoms with van der Waals surface area (Å²) in [6, 6.07) is 56.1. The number of hydrogen-bond donors (Lipinski definition) is 0. The minimum Gasteiger partial charge on any atom is -0.0619 e. The highest BCUT2D eigenvalue weighted by Crippen LogP contribution is 2.53. The molecular weight excluding hydrogens is 649 g/mol. The van der Waals surface area contributed by atoms with Crippen LogP contribution in [0.4, 0.5) is 0 Å². The molecule has 0 unspecified atom stereocenters. The lowest BCUT2D eigenvalue weighted by Crippen LogP contribution is -2.14. The highest BCUT2D eigenvalue weighted by atomic mass is 14.4. The van der Waals surface area contributed by atoms with Gasteiger partial charge in [-0.25, -0.2) is 0 Å². The molecule has 0 aromatic heterocycles. The summed E-state index contributed by atoms with van der Waals surface area (Å²) in [5.41, 5.74) is 22.1. The minimum atomic E-state index is -0.0474. The van der Waals surface area contributed by atoms with Gasteiger partial charge in [0.05, 0.1) is 0 Å². The van der Waals surface area contributed by atoms with E-state index in [0.717, 1.165) is 6.42 Å². The van der Waals surface area contributed by atoms with Gasteiger partial charge in [0.2, 0.25) is 0 Å². The Morgan fingerprint density at radius 1 is 0.352 bits per heavy atom. The summed E-state index contributed by atoms with van der Waals surface area (Å²) in [7, 11) is 0. The normalized spacial score (nSPS) is 15.8. The molecule has 260 valence electrons. The van der Waals surface area contributed by atoms with Crippen molar-refractivity contribution in [1.82, 2.24) is 0 Å². The zero-order chi connectivity index (χ0) is 36.3. The van der Waals surface area contributed by atoms with Crippen LogP contribution < -0.4 is 0 Å². The first kappa shape index (κ1) is 31.8. The molecule has 3 aliphatic rings. The van der Waals surface area contributed by atoms with Gasteiger partial charge in [0.25, 0.3) is 0 Å². The maximum atomic E-state index is 2.51. The van der Waals surface area contributed by atoms with Gasteiger partial charge in [-0.05, 0) is 154 Å².